The Bertz CT molecular complexity index is 654. The molecular weight excluding hydrogens is 240 g/mol. The molecule has 1 aliphatic carbocycles. The highest BCUT2D eigenvalue weighted by atomic mass is 16.5. The van der Waals surface area contributed by atoms with Crippen molar-refractivity contribution in [3.05, 3.63) is 35.3 Å². The third-order valence-electron chi connectivity index (χ3n) is 3.28. The number of fused-ring (bicyclic) bond motifs is 1. The lowest BCUT2D eigenvalue weighted by Gasteiger charge is -2.16. The minimum atomic E-state index is 0.385. The van der Waals surface area contributed by atoms with Crippen LogP contribution in [0.5, 0.6) is 11.6 Å². The van der Waals surface area contributed by atoms with Crippen molar-refractivity contribution in [2.24, 2.45) is 7.05 Å². The first-order chi connectivity index (χ1) is 9.26. The summed E-state index contributed by atoms with van der Waals surface area (Å²) in [4.78, 5) is 4.51. The highest BCUT2D eigenvalue weighted by Crippen LogP contribution is 2.28. The fourth-order valence-corrected chi connectivity index (χ4v) is 2.34. The third-order valence-corrected chi connectivity index (χ3v) is 3.28. The van der Waals surface area contributed by atoms with Gasteiger partial charge in [0.25, 0.3) is 0 Å². The summed E-state index contributed by atoms with van der Waals surface area (Å²) in [7, 11) is 1.82. The Balaban J connectivity index is 1.98. The van der Waals surface area contributed by atoms with Crippen LogP contribution in [0.1, 0.15) is 29.7 Å². The molecule has 2 aromatic heterocycles. The molecule has 0 unspecified atom stereocenters. The van der Waals surface area contributed by atoms with Gasteiger partial charge in [0.2, 0.25) is 5.88 Å². The van der Waals surface area contributed by atoms with E-state index in [1.54, 1.807) is 17.1 Å². The molecule has 5 heteroatoms. The zero-order chi connectivity index (χ0) is 13.2. The maximum Gasteiger partial charge on any atom is 0.237 e. The molecule has 0 aromatic carbocycles. The van der Waals surface area contributed by atoms with Gasteiger partial charge in [-0.3, -0.25) is 4.68 Å². The van der Waals surface area contributed by atoms with Gasteiger partial charge in [0.05, 0.1) is 12.4 Å². The molecule has 0 aliphatic heterocycles. The van der Waals surface area contributed by atoms with E-state index in [9.17, 15) is 5.26 Å². The van der Waals surface area contributed by atoms with Gasteiger partial charge in [-0.15, -0.1) is 0 Å². The second-order valence-electron chi connectivity index (χ2n) is 4.72. The number of aryl methyl sites for hydroxylation is 3. The van der Waals surface area contributed by atoms with Crippen LogP contribution in [-0.4, -0.2) is 14.8 Å². The maximum absolute atomic E-state index is 9.21. The van der Waals surface area contributed by atoms with E-state index in [-0.39, 0.29) is 0 Å². The van der Waals surface area contributed by atoms with Crippen LogP contribution in [0.25, 0.3) is 0 Å². The van der Waals surface area contributed by atoms with Crippen molar-refractivity contribution < 1.29 is 4.74 Å². The molecule has 0 spiro atoms. The van der Waals surface area contributed by atoms with E-state index in [0.29, 0.717) is 17.2 Å². The van der Waals surface area contributed by atoms with Crippen molar-refractivity contribution in [2.45, 2.75) is 25.7 Å². The van der Waals surface area contributed by atoms with Crippen molar-refractivity contribution in [1.82, 2.24) is 14.8 Å². The van der Waals surface area contributed by atoms with Crippen LogP contribution in [0, 0.1) is 11.3 Å². The number of ether oxygens (including phenoxy) is 1. The Labute approximate surface area is 111 Å². The zero-order valence-electron chi connectivity index (χ0n) is 10.8. The minimum Gasteiger partial charge on any atom is -0.434 e. The molecule has 0 atom stereocenters. The largest absolute Gasteiger partial charge is 0.434 e. The predicted octanol–water partition coefficient (Wildman–Crippen LogP) is 2.36. The Morgan fingerprint density at radius 1 is 1.37 bits per heavy atom. The van der Waals surface area contributed by atoms with Crippen LogP contribution < -0.4 is 4.74 Å². The summed E-state index contributed by atoms with van der Waals surface area (Å²) in [6, 6.07) is 4.07. The van der Waals surface area contributed by atoms with Crippen LogP contribution in [0.3, 0.4) is 0 Å². The van der Waals surface area contributed by atoms with E-state index >= 15 is 0 Å². The molecule has 96 valence electrons. The van der Waals surface area contributed by atoms with E-state index in [1.165, 1.54) is 12.0 Å². The molecule has 5 nitrogen and oxygen atoms in total. The monoisotopic (exact) mass is 254 g/mol. The average Bonchev–Trinajstić information content (AvgIpc) is 2.83. The first kappa shape index (κ1) is 11.7. The summed E-state index contributed by atoms with van der Waals surface area (Å²) in [6.45, 7) is 0. The number of nitrogens with zero attached hydrogens (tertiary/aromatic N) is 4. The number of nitriles is 1. The first-order valence-corrected chi connectivity index (χ1v) is 6.35. The van der Waals surface area contributed by atoms with Crippen molar-refractivity contribution in [3.8, 4) is 17.7 Å². The number of aromatic nitrogens is 3. The lowest BCUT2D eigenvalue weighted by Crippen LogP contribution is -2.07. The van der Waals surface area contributed by atoms with Gasteiger partial charge in [0, 0.05) is 12.7 Å². The second-order valence-corrected chi connectivity index (χ2v) is 4.72. The minimum absolute atomic E-state index is 0.385. The molecule has 0 amide bonds. The van der Waals surface area contributed by atoms with Crippen LogP contribution in [0.15, 0.2) is 18.5 Å². The lowest BCUT2D eigenvalue weighted by molar-refractivity contribution is 0.455. The third kappa shape index (κ3) is 2.29. The molecule has 19 heavy (non-hydrogen) atoms. The molecule has 0 N–H and O–H groups in total. The number of pyridine rings is 1. The molecule has 3 rings (SSSR count). The average molecular weight is 254 g/mol. The summed E-state index contributed by atoms with van der Waals surface area (Å²) in [5, 5.41) is 13.2. The smallest absolute Gasteiger partial charge is 0.237 e. The fraction of sp³-hybridized carbons (Fsp3) is 0.357. The fourth-order valence-electron chi connectivity index (χ4n) is 2.34. The van der Waals surface area contributed by atoms with E-state index in [2.05, 4.69) is 16.2 Å². The van der Waals surface area contributed by atoms with Gasteiger partial charge in [-0.2, -0.15) is 10.4 Å². The number of hydrogen-bond donors (Lipinski definition) is 0. The van der Waals surface area contributed by atoms with Gasteiger partial charge in [-0.05, 0) is 37.3 Å². The molecule has 0 radical (unpaired) electrons. The molecular formula is C14H14N4O. The predicted molar refractivity (Wildman–Crippen MR) is 68.9 cm³/mol. The molecule has 1 aliphatic rings. The van der Waals surface area contributed by atoms with Crippen LogP contribution >= 0.6 is 0 Å². The summed E-state index contributed by atoms with van der Waals surface area (Å²) >= 11 is 0. The van der Waals surface area contributed by atoms with E-state index in [1.807, 2.05) is 13.1 Å². The molecule has 0 saturated heterocycles. The van der Waals surface area contributed by atoms with Crippen LogP contribution in [-0.2, 0) is 19.9 Å². The Hall–Kier alpha value is -2.35. The zero-order valence-corrected chi connectivity index (χ0v) is 10.8. The topological polar surface area (TPSA) is 63.7 Å². The number of hydrogen-bond acceptors (Lipinski definition) is 4. The molecule has 0 saturated carbocycles. The van der Waals surface area contributed by atoms with E-state index < -0.39 is 0 Å². The summed E-state index contributed by atoms with van der Waals surface area (Å²) in [5.41, 5.74) is 2.73. The van der Waals surface area contributed by atoms with Crippen molar-refractivity contribution in [3.63, 3.8) is 0 Å². The summed E-state index contributed by atoms with van der Waals surface area (Å²) in [5.74, 6) is 0.985. The van der Waals surface area contributed by atoms with Crippen LogP contribution in [0.2, 0.25) is 0 Å². The van der Waals surface area contributed by atoms with Crippen LogP contribution in [0.4, 0.5) is 0 Å². The number of rotatable bonds is 2. The highest BCUT2D eigenvalue weighted by Gasteiger charge is 2.16. The molecule has 0 fully saturated rings. The summed E-state index contributed by atoms with van der Waals surface area (Å²) < 4.78 is 7.32. The standard InChI is InChI=1S/C14H14N4O/c1-18-9-12(8-16-18)19-14-11(7-15)6-10-4-2-3-5-13(10)17-14/h6,8-9H,2-5H2,1H3. The van der Waals surface area contributed by atoms with Gasteiger partial charge in [-0.25, -0.2) is 4.98 Å². The van der Waals surface area contributed by atoms with Gasteiger partial charge < -0.3 is 4.74 Å². The van der Waals surface area contributed by atoms with Gasteiger partial charge in [-0.1, -0.05) is 0 Å². The van der Waals surface area contributed by atoms with Crippen molar-refractivity contribution in [1.29, 1.82) is 5.26 Å². The molecule has 2 heterocycles. The summed E-state index contributed by atoms with van der Waals surface area (Å²) in [6.07, 6.45) is 7.65. The van der Waals surface area contributed by atoms with Crippen molar-refractivity contribution >= 4 is 0 Å². The van der Waals surface area contributed by atoms with E-state index in [0.717, 1.165) is 25.0 Å². The molecule has 2 aromatic rings. The Kier molecular flexibility index (Phi) is 2.92. The van der Waals surface area contributed by atoms with Gasteiger partial charge in [0.15, 0.2) is 5.75 Å². The Morgan fingerprint density at radius 3 is 2.95 bits per heavy atom. The first-order valence-electron chi connectivity index (χ1n) is 6.35. The normalized spacial score (nSPS) is 13.7. The van der Waals surface area contributed by atoms with Gasteiger partial charge in [0.1, 0.15) is 11.6 Å². The molecule has 0 bridgehead atoms. The maximum atomic E-state index is 9.21. The SMILES string of the molecule is Cn1cc(Oc2nc3c(cc2C#N)CCCC3)cn1. The quantitative estimate of drug-likeness (QED) is 0.825. The lowest BCUT2D eigenvalue weighted by atomic mass is 9.95. The van der Waals surface area contributed by atoms with E-state index in [4.69, 9.17) is 4.74 Å². The second kappa shape index (κ2) is 4.73. The van der Waals surface area contributed by atoms with Gasteiger partial charge >= 0.3 is 0 Å². The Morgan fingerprint density at radius 2 is 2.21 bits per heavy atom. The highest BCUT2D eigenvalue weighted by molar-refractivity contribution is 5.44. The van der Waals surface area contributed by atoms with Crippen molar-refractivity contribution in [2.75, 3.05) is 0 Å².